The van der Waals surface area contributed by atoms with Crippen LogP contribution in [-0.2, 0) is 14.0 Å². The molecule has 2 rings (SSSR count). The largest absolute Gasteiger partial charge is 0.460 e. The van der Waals surface area contributed by atoms with E-state index in [1.54, 1.807) is 6.08 Å². The number of aliphatic hydroxyl groups excluding tert-OH is 1. The topological polar surface area (TPSA) is 55.8 Å². The Hall–Kier alpha value is -0.913. The molecule has 2 aliphatic rings. The van der Waals surface area contributed by atoms with Crippen LogP contribution >= 0.6 is 0 Å². The number of carbonyl (C=O) groups is 1. The Labute approximate surface area is 210 Å². The van der Waals surface area contributed by atoms with E-state index < -0.39 is 14.4 Å². The van der Waals surface area contributed by atoms with Crippen molar-refractivity contribution in [3.63, 3.8) is 0 Å². The van der Waals surface area contributed by atoms with E-state index in [1.807, 2.05) is 6.92 Å². The predicted octanol–water partition coefficient (Wildman–Crippen LogP) is 7.44. The second-order valence-corrected chi connectivity index (χ2v) is 18.3. The van der Waals surface area contributed by atoms with Gasteiger partial charge in [0.25, 0.3) is 0 Å². The molecule has 2 aliphatic carbocycles. The second-order valence-electron chi connectivity index (χ2n) is 13.5. The quantitative estimate of drug-likeness (QED) is 0.157. The van der Waals surface area contributed by atoms with E-state index in [4.69, 9.17) is 9.16 Å². The van der Waals surface area contributed by atoms with Gasteiger partial charge in [0.15, 0.2) is 8.32 Å². The standard InChI is InChI=1S/C29H52O4Si/c1-21(18-26(31)32-19-23(30)20-33-34(9,10)27(3,4)5)12-14-24-22(2)13-15-25-28(6,7)16-11-17-29(24,25)8/h18,23-25,30H,2,11-17,19-20H2,1,3-10H3/b21-18+/t23-,24-,25?,29+/m1/s1. The molecule has 0 aromatic heterocycles. The van der Waals surface area contributed by atoms with Crippen LogP contribution in [0.15, 0.2) is 23.8 Å². The third-order valence-corrected chi connectivity index (χ3v) is 13.9. The molecule has 0 aromatic carbocycles. The van der Waals surface area contributed by atoms with E-state index >= 15 is 0 Å². The first kappa shape index (κ1) is 29.3. The van der Waals surface area contributed by atoms with E-state index in [-0.39, 0.29) is 24.2 Å². The first-order valence-electron chi connectivity index (χ1n) is 13.3. The number of fused-ring (bicyclic) bond motifs is 1. The summed E-state index contributed by atoms with van der Waals surface area (Å²) in [6, 6.07) is 0. The van der Waals surface area contributed by atoms with Gasteiger partial charge in [-0.1, -0.05) is 65.7 Å². The highest BCUT2D eigenvalue weighted by Gasteiger charge is 2.52. The molecule has 1 N–H and O–H groups in total. The molecular weight excluding hydrogens is 440 g/mol. The number of rotatable bonds is 9. The van der Waals surface area contributed by atoms with Gasteiger partial charge >= 0.3 is 5.97 Å². The van der Waals surface area contributed by atoms with Gasteiger partial charge in [-0.2, -0.15) is 0 Å². The normalized spacial score (nSPS) is 28.9. The molecule has 1 unspecified atom stereocenters. The summed E-state index contributed by atoms with van der Waals surface area (Å²) in [7, 11) is -1.93. The fourth-order valence-corrected chi connectivity index (χ4v) is 7.28. The smallest absolute Gasteiger partial charge is 0.330 e. The number of hydrogen-bond donors (Lipinski definition) is 1. The molecule has 0 spiro atoms. The third-order valence-electron chi connectivity index (χ3n) is 9.37. The van der Waals surface area contributed by atoms with Gasteiger partial charge in [0.05, 0.1) is 6.61 Å². The van der Waals surface area contributed by atoms with Gasteiger partial charge in [-0.05, 0) is 86.2 Å². The van der Waals surface area contributed by atoms with Crippen LogP contribution < -0.4 is 0 Å². The van der Waals surface area contributed by atoms with Crippen molar-refractivity contribution in [3.8, 4) is 0 Å². The first-order chi connectivity index (χ1) is 15.5. The molecule has 5 heteroatoms. The number of allylic oxidation sites excluding steroid dienone is 2. The highest BCUT2D eigenvalue weighted by molar-refractivity contribution is 6.74. The Balaban J connectivity index is 1.86. The van der Waals surface area contributed by atoms with Crippen molar-refractivity contribution in [1.82, 2.24) is 0 Å². The Bertz CT molecular complexity index is 761. The van der Waals surface area contributed by atoms with E-state index in [0.29, 0.717) is 16.7 Å². The molecule has 4 nitrogen and oxygen atoms in total. The summed E-state index contributed by atoms with van der Waals surface area (Å²) in [5, 5.41) is 10.3. The molecule has 2 saturated carbocycles. The maximum Gasteiger partial charge on any atom is 0.330 e. The van der Waals surface area contributed by atoms with Crippen molar-refractivity contribution in [2.24, 2.45) is 22.7 Å². The van der Waals surface area contributed by atoms with Gasteiger partial charge in [-0.15, -0.1) is 0 Å². The number of esters is 1. The Morgan fingerprint density at radius 1 is 1.24 bits per heavy atom. The van der Waals surface area contributed by atoms with Crippen LogP contribution in [-0.4, -0.2) is 38.7 Å². The van der Waals surface area contributed by atoms with Crippen LogP contribution in [0.1, 0.15) is 93.4 Å². The molecular formula is C29H52O4Si. The van der Waals surface area contributed by atoms with Gasteiger partial charge in [0, 0.05) is 6.08 Å². The van der Waals surface area contributed by atoms with Crippen LogP contribution in [0, 0.1) is 22.7 Å². The maximum absolute atomic E-state index is 12.4. The lowest BCUT2D eigenvalue weighted by atomic mass is 9.47. The minimum atomic E-state index is -1.93. The first-order valence-corrected chi connectivity index (χ1v) is 16.2. The molecule has 0 heterocycles. The summed E-state index contributed by atoms with van der Waals surface area (Å²) in [6.45, 7) is 24.8. The molecule has 34 heavy (non-hydrogen) atoms. The molecule has 0 aromatic rings. The maximum atomic E-state index is 12.4. The van der Waals surface area contributed by atoms with E-state index in [9.17, 15) is 9.90 Å². The van der Waals surface area contributed by atoms with Gasteiger partial charge in [0.2, 0.25) is 0 Å². The highest BCUT2D eigenvalue weighted by Crippen LogP contribution is 2.61. The molecule has 0 amide bonds. The Morgan fingerprint density at radius 3 is 2.50 bits per heavy atom. The van der Waals surface area contributed by atoms with Crippen molar-refractivity contribution >= 4 is 14.3 Å². The number of hydrogen-bond acceptors (Lipinski definition) is 4. The average Bonchev–Trinajstić information content (AvgIpc) is 2.68. The summed E-state index contributed by atoms with van der Waals surface area (Å²) in [5.41, 5.74) is 3.14. The van der Waals surface area contributed by atoms with Gasteiger partial charge in [-0.25, -0.2) is 4.79 Å². The molecule has 0 bridgehead atoms. The minimum absolute atomic E-state index is 0.0362. The van der Waals surface area contributed by atoms with Crippen LogP contribution in [0.4, 0.5) is 0 Å². The lowest BCUT2D eigenvalue weighted by Gasteiger charge is -2.58. The summed E-state index contributed by atoms with van der Waals surface area (Å²) in [6.07, 6.45) is 9.01. The molecule has 2 fully saturated rings. The fourth-order valence-electron chi connectivity index (χ4n) is 6.24. The van der Waals surface area contributed by atoms with Crippen molar-refractivity contribution < 1.29 is 19.1 Å². The van der Waals surface area contributed by atoms with E-state index in [1.165, 1.54) is 31.3 Å². The predicted molar refractivity (Wildman–Crippen MR) is 144 cm³/mol. The third kappa shape index (κ3) is 7.07. The zero-order valence-corrected chi connectivity index (χ0v) is 24.6. The summed E-state index contributed by atoms with van der Waals surface area (Å²) < 4.78 is 11.3. The summed E-state index contributed by atoms with van der Waals surface area (Å²) in [4.78, 5) is 12.4. The summed E-state index contributed by atoms with van der Waals surface area (Å²) in [5.74, 6) is 0.877. The molecule has 0 radical (unpaired) electrons. The summed E-state index contributed by atoms with van der Waals surface area (Å²) >= 11 is 0. The SMILES string of the molecule is C=C1CCC2C(C)(C)CCC[C@@]2(C)[C@@H]1CC/C(C)=C/C(=O)OC[C@@H](O)CO[Si](C)(C)C(C)(C)C. The Kier molecular flexibility index (Phi) is 9.49. The van der Waals surface area contributed by atoms with Crippen molar-refractivity contribution in [2.45, 2.75) is 118 Å². The average molecular weight is 493 g/mol. The minimum Gasteiger partial charge on any atom is -0.460 e. The molecule has 4 atom stereocenters. The van der Waals surface area contributed by atoms with Crippen molar-refractivity contribution in [3.05, 3.63) is 23.8 Å². The highest BCUT2D eigenvalue weighted by atomic mass is 28.4. The second kappa shape index (κ2) is 11.0. The van der Waals surface area contributed by atoms with Gasteiger partial charge in [0.1, 0.15) is 12.7 Å². The van der Waals surface area contributed by atoms with Crippen LogP contribution in [0.5, 0.6) is 0 Å². The van der Waals surface area contributed by atoms with Crippen molar-refractivity contribution in [1.29, 1.82) is 0 Å². The zero-order chi connectivity index (χ0) is 25.9. The van der Waals surface area contributed by atoms with E-state index in [0.717, 1.165) is 30.8 Å². The van der Waals surface area contributed by atoms with Gasteiger partial charge < -0.3 is 14.3 Å². The van der Waals surface area contributed by atoms with Crippen LogP contribution in [0.2, 0.25) is 18.1 Å². The monoisotopic (exact) mass is 492 g/mol. The van der Waals surface area contributed by atoms with Gasteiger partial charge in [-0.3, -0.25) is 0 Å². The fraction of sp³-hybridized carbons (Fsp3) is 0.828. The van der Waals surface area contributed by atoms with Crippen molar-refractivity contribution in [2.75, 3.05) is 13.2 Å². The number of ether oxygens (including phenoxy) is 1. The molecule has 196 valence electrons. The van der Waals surface area contributed by atoms with E-state index in [2.05, 4.69) is 61.2 Å². The molecule has 0 aliphatic heterocycles. The number of carbonyl (C=O) groups excluding carboxylic acids is 1. The lowest BCUT2D eigenvalue weighted by molar-refractivity contribution is -0.141. The van der Waals surface area contributed by atoms with Crippen LogP contribution in [0.25, 0.3) is 0 Å². The Morgan fingerprint density at radius 2 is 1.88 bits per heavy atom. The number of aliphatic hydroxyl groups is 1. The zero-order valence-electron chi connectivity index (χ0n) is 23.6. The lowest BCUT2D eigenvalue weighted by Crippen LogP contribution is -2.49. The van der Waals surface area contributed by atoms with Crippen LogP contribution in [0.3, 0.4) is 0 Å². The molecule has 0 saturated heterocycles.